The second-order valence-corrected chi connectivity index (χ2v) is 5.22. The second kappa shape index (κ2) is 7.57. The lowest BCUT2D eigenvalue weighted by Crippen LogP contribution is -2.14. The fourth-order valence-electron chi connectivity index (χ4n) is 2.20. The number of ether oxygens (including phenoxy) is 1. The number of hydrogen-bond acceptors (Lipinski definition) is 5. The van der Waals surface area contributed by atoms with Crippen LogP contribution in [0.25, 0.3) is 11.5 Å². The Morgan fingerprint density at radius 1 is 1.12 bits per heavy atom. The van der Waals surface area contributed by atoms with Crippen LogP contribution < -0.4 is 10.1 Å². The molecular weight excluding hydrogens is 325 g/mol. The largest absolute Gasteiger partial charge is 0.494 e. The van der Waals surface area contributed by atoms with Crippen molar-refractivity contribution < 1.29 is 18.3 Å². The number of nitrogens with one attached hydrogen (secondary N) is 1. The number of carbonyl (C=O) groups is 1. The molecule has 25 heavy (non-hydrogen) atoms. The average Bonchev–Trinajstić information content (AvgIpc) is 3.06. The summed E-state index contributed by atoms with van der Waals surface area (Å²) in [5, 5.41) is 10.2. The van der Waals surface area contributed by atoms with Crippen molar-refractivity contribution in [3.63, 3.8) is 0 Å². The summed E-state index contributed by atoms with van der Waals surface area (Å²) < 4.78 is 23.7. The molecule has 0 bridgehead atoms. The van der Waals surface area contributed by atoms with Gasteiger partial charge in [-0.25, -0.2) is 4.39 Å². The van der Waals surface area contributed by atoms with Gasteiger partial charge in [-0.15, -0.1) is 5.10 Å². The van der Waals surface area contributed by atoms with Gasteiger partial charge in [0.25, 0.3) is 0 Å². The zero-order valence-corrected chi connectivity index (χ0v) is 13.5. The molecule has 0 saturated heterocycles. The molecule has 0 unspecified atom stereocenters. The molecule has 0 aliphatic rings. The van der Waals surface area contributed by atoms with E-state index in [1.807, 2.05) is 6.92 Å². The van der Waals surface area contributed by atoms with E-state index in [4.69, 9.17) is 9.15 Å². The first-order valence-corrected chi connectivity index (χ1v) is 7.75. The van der Waals surface area contributed by atoms with Crippen LogP contribution in [0.4, 0.5) is 10.4 Å². The normalized spacial score (nSPS) is 10.5. The Hall–Kier alpha value is -3.22. The van der Waals surface area contributed by atoms with Gasteiger partial charge in [-0.3, -0.25) is 10.1 Å². The Morgan fingerprint density at radius 3 is 2.52 bits per heavy atom. The van der Waals surface area contributed by atoms with Crippen molar-refractivity contribution in [1.29, 1.82) is 0 Å². The molecule has 2 aromatic carbocycles. The minimum absolute atomic E-state index is 0.0102. The molecule has 0 aliphatic carbocycles. The van der Waals surface area contributed by atoms with Crippen LogP contribution in [0, 0.1) is 5.82 Å². The number of hydrogen-bond donors (Lipinski definition) is 1. The van der Waals surface area contributed by atoms with Gasteiger partial charge in [-0.2, -0.15) is 0 Å². The lowest BCUT2D eigenvalue weighted by Gasteiger charge is -2.02. The molecule has 0 fully saturated rings. The number of amides is 1. The summed E-state index contributed by atoms with van der Waals surface area (Å²) in [6.07, 6.45) is 0.0844. The van der Waals surface area contributed by atoms with Crippen molar-refractivity contribution in [1.82, 2.24) is 10.2 Å². The molecule has 0 spiro atoms. The molecule has 1 heterocycles. The van der Waals surface area contributed by atoms with E-state index in [-0.39, 0.29) is 24.2 Å². The maximum atomic E-state index is 12.9. The molecule has 0 atom stereocenters. The number of carbonyl (C=O) groups excluding carboxylic acids is 1. The predicted octanol–water partition coefficient (Wildman–Crippen LogP) is 3.46. The van der Waals surface area contributed by atoms with E-state index in [1.165, 1.54) is 12.1 Å². The third-order valence-corrected chi connectivity index (χ3v) is 3.36. The second-order valence-electron chi connectivity index (χ2n) is 5.22. The van der Waals surface area contributed by atoms with Crippen molar-refractivity contribution in [2.24, 2.45) is 0 Å². The van der Waals surface area contributed by atoms with E-state index in [2.05, 4.69) is 15.5 Å². The molecule has 1 N–H and O–H groups in total. The molecule has 6 nitrogen and oxygen atoms in total. The number of anilines is 1. The Balaban J connectivity index is 1.62. The minimum atomic E-state index is -0.346. The summed E-state index contributed by atoms with van der Waals surface area (Å²) in [7, 11) is 0. The highest BCUT2D eigenvalue weighted by Gasteiger charge is 2.12. The van der Waals surface area contributed by atoms with Crippen molar-refractivity contribution >= 4 is 11.9 Å². The van der Waals surface area contributed by atoms with E-state index in [0.717, 1.165) is 11.3 Å². The maximum absolute atomic E-state index is 12.9. The van der Waals surface area contributed by atoms with Crippen LogP contribution in [0.1, 0.15) is 12.5 Å². The van der Waals surface area contributed by atoms with Gasteiger partial charge in [0.15, 0.2) is 0 Å². The molecular formula is C18H16FN3O3. The Labute approximate surface area is 143 Å². The topological polar surface area (TPSA) is 77.3 Å². The standard InChI is InChI=1S/C18H16FN3O3/c1-2-24-15-9-5-13(6-10-15)17-21-22-18(25-17)20-16(23)11-12-3-7-14(19)8-4-12/h3-10H,2,11H2,1H3,(H,20,22,23). The smallest absolute Gasteiger partial charge is 0.322 e. The molecule has 1 aromatic heterocycles. The first-order chi connectivity index (χ1) is 12.1. The Bertz CT molecular complexity index is 845. The van der Waals surface area contributed by atoms with Gasteiger partial charge in [0.2, 0.25) is 11.8 Å². The van der Waals surface area contributed by atoms with Crippen molar-refractivity contribution in [3.05, 3.63) is 59.9 Å². The molecule has 3 aromatic rings. The Kier molecular flexibility index (Phi) is 5.03. The van der Waals surface area contributed by atoms with E-state index in [1.54, 1.807) is 36.4 Å². The maximum Gasteiger partial charge on any atom is 0.322 e. The zero-order chi connectivity index (χ0) is 17.6. The summed E-state index contributed by atoms with van der Waals surface area (Å²) in [5.41, 5.74) is 1.40. The number of nitrogens with zero attached hydrogens (tertiary/aromatic N) is 2. The lowest BCUT2D eigenvalue weighted by molar-refractivity contribution is -0.115. The molecule has 3 rings (SSSR count). The van der Waals surface area contributed by atoms with E-state index >= 15 is 0 Å². The third-order valence-electron chi connectivity index (χ3n) is 3.36. The van der Waals surface area contributed by atoms with Crippen molar-refractivity contribution in [2.75, 3.05) is 11.9 Å². The average molecular weight is 341 g/mol. The minimum Gasteiger partial charge on any atom is -0.494 e. The molecule has 1 amide bonds. The Morgan fingerprint density at radius 2 is 1.84 bits per heavy atom. The van der Waals surface area contributed by atoms with Gasteiger partial charge in [0.1, 0.15) is 11.6 Å². The van der Waals surface area contributed by atoms with Crippen LogP contribution in [0.15, 0.2) is 52.9 Å². The first kappa shape index (κ1) is 16.6. The molecule has 0 radical (unpaired) electrons. The zero-order valence-electron chi connectivity index (χ0n) is 13.5. The van der Waals surface area contributed by atoms with Gasteiger partial charge in [0, 0.05) is 5.56 Å². The van der Waals surface area contributed by atoms with Crippen LogP contribution in [-0.2, 0) is 11.2 Å². The fourth-order valence-corrected chi connectivity index (χ4v) is 2.20. The summed E-state index contributed by atoms with van der Waals surface area (Å²) in [6.45, 7) is 2.50. The number of halogens is 1. The van der Waals surface area contributed by atoms with Crippen molar-refractivity contribution in [2.45, 2.75) is 13.3 Å². The van der Waals surface area contributed by atoms with E-state index < -0.39 is 0 Å². The van der Waals surface area contributed by atoms with E-state index in [9.17, 15) is 9.18 Å². The number of rotatable bonds is 6. The van der Waals surface area contributed by atoms with Gasteiger partial charge in [0.05, 0.1) is 13.0 Å². The molecule has 128 valence electrons. The van der Waals surface area contributed by atoms with Crippen LogP contribution in [0.5, 0.6) is 5.75 Å². The number of benzene rings is 2. The fraction of sp³-hybridized carbons (Fsp3) is 0.167. The monoisotopic (exact) mass is 341 g/mol. The first-order valence-electron chi connectivity index (χ1n) is 7.75. The molecule has 7 heteroatoms. The highest BCUT2D eigenvalue weighted by atomic mass is 19.1. The SMILES string of the molecule is CCOc1ccc(-c2nnc(NC(=O)Cc3ccc(F)cc3)o2)cc1. The van der Waals surface area contributed by atoms with Crippen LogP contribution in [0.2, 0.25) is 0 Å². The lowest BCUT2D eigenvalue weighted by atomic mass is 10.1. The highest BCUT2D eigenvalue weighted by molar-refractivity contribution is 5.90. The molecule has 0 saturated carbocycles. The van der Waals surface area contributed by atoms with Gasteiger partial charge in [-0.1, -0.05) is 17.2 Å². The highest BCUT2D eigenvalue weighted by Crippen LogP contribution is 2.22. The van der Waals surface area contributed by atoms with Gasteiger partial charge < -0.3 is 9.15 Å². The van der Waals surface area contributed by atoms with E-state index in [0.29, 0.717) is 18.1 Å². The van der Waals surface area contributed by atoms with Crippen LogP contribution >= 0.6 is 0 Å². The molecule has 0 aliphatic heterocycles. The summed E-state index contributed by atoms with van der Waals surface area (Å²) in [6, 6.07) is 12.9. The van der Waals surface area contributed by atoms with Crippen molar-refractivity contribution in [3.8, 4) is 17.2 Å². The van der Waals surface area contributed by atoms with Gasteiger partial charge in [-0.05, 0) is 48.9 Å². The summed E-state index contributed by atoms with van der Waals surface area (Å²) >= 11 is 0. The predicted molar refractivity (Wildman–Crippen MR) is 89.6 cm³/mol. The number of aromatic nitrogens is 2. The summed E-state index contributed by atoms with van der Waals surface area (Å²) in [5.74, 6) is 0.369. The van der Waals surface area contributed by atoms with Crippen LogP contribution in [0.3, 0.4) is 0 Å². The summed E-state index contributed by atoms with van der Waals surface area (Å²) in [4.78, 5) is 12.0. The quantitative estimate of drug-likeness (QED) is 0.743. The third kappa shape index (κ3) is 4.41. The van der Waals surface area contributed by atoms with Crippen LogP contribution in [-0.4, -0.2) is 22.7 Å². The van der Waals surface area contributed by atoms with Gasteiger partial charge >= 0.3 is 6.01 Å².